The van der Waals surface area contributed by atoms with Gasteiger partial charge < -0.3 is 14.5 Å². The van der Waals surface area contributed by atoms with Crippen molar-refractivity contribution in [1.29, 1.82) is 0 Å². The molecule has 0 saturated carbocycles. The minimum absolute atomic E-state index is 0.0855. The van der Waals surface area contributed by atoms with Crippen LogP contribution in [0.15, 0.2) is 52.9 Å². The summed E-state index contributed by atoms with van der Waals surface area (Å²) in [7, 11) is 1.51. The first-order valence-electron chi connectivity index (χ1n) is 8.30. The number of aryl methyl sites for hydroxylation is 1. The van der Waals surface area contributed by atoms with E-state index in [0.29, 0.717) is 11.3 Å². The van der Waals surface area contributed by atoms with E-state index >= 15 is 0 Å². The number of nitrogens with zero attached hydrogens (tertiary/aromatic N) is 2. The predicted octanol–water partition coefficient (Wildman–Crippen LogP) is 4.34. The Hall–Kier alpha value is -3.36. The van der Waals surface area contributed by atoms with E-state index in [1.54, 1.807) is 24.3 Å². The lowest BCUT2D eigenvalue weighted by molar-refractivity contribution is -0.137. The van der Waals surface area contributed by atoms with Gasteiger partial charge in [0.15, 0.2) is 0 Å². The molecular formula is C19H16F3N3O3. The number of methoxy groups -OCH3 is 1. The van der Waals surface area contributed by atoms with Crippen LogP contribution in [0, 0.1) is 0 Å². The summed E-state index contributed by atoms with van der Waals surface area (Å²) in [4.78, 5) is 12.1. The molecule has 6 nitrogen and oxygen atoms in total. The molecule has 146 valence electrons. The molecule has 1 aromatic heterocycles. The van der Waals surface area contributed by atoms with Gasteiger partial charge in [-0.1, -0.05) is 24.3 Å². The third-order valence-corrected chi connectivity index (χ3v) is 3.88. The molecule has 0 spiro atoms. The average Bonchev–Trinajstić information content (AvgIpc) is 3.15. The molecule has 0 atom stereocenters. The predicted molar refractivity (Wildman–Crippen MR) is 94.7 cm³/mol. The number of rotatable bonds is 6. The van der Waals surface area contributed by atoms with E-state index in [1.165, 1.54) is 25.3 Å². The minimum Gasteiger partial charge on any atom is -0.496 e. The van der Waals surface area contributed by atoms with Crippen LogP contribution in [0.3, 0.4) is 0 Å². The van der Waals surface area contributed by atoms with Crippen LogP contribution in [0.4, 0.5) is 18.9 Å². The highest BCUT2D eigenvalue weighted by Crippen LogP contribution is 2.34. The SMILES string of the molecule is COc1ccccc1-c1nnc(CCC(=O)Nc2ccccc2C(F)(F)F)o1. The van der Waals surface area contributed by atoms with Crippen LogP contribution in [0.5, 0.6) is 5.75 Å². The summed E-state index contributed by atoms with van der Waals surface area (Å²) in [5.41, 5.74) is -0.591. The van der Waals surface area contributed by atoms with Gasteiger partial charge in [0.1, 0.15) is 5.75 Å². The van der Waals surface area contributed by atoms with E-state index in [9.17, 15) is 18.0 Å². The fraction of sp³-hybridized carbons (Fsp3) is 0.211. The molecule has 0 bridgehead atoms. The molecule has 0 unspecified atom stereocenters. The Kier molecular flexibility index (Phi) is 5.62. The molecule has 9 heteroatoms. The quantitative estimate of drug-likeness (QED) is 0.677. The first-order valence-corrected chi connectivity index (χ1v) is 8.30. The third-order valence-electron chi connectivity index (χ3n) is 3.88. The van der Waals surface area contributed by atoms with Gasteiger partial charge in [-0.2, -0.15) is 13.2 Å². The summed E-state index contributed by atoms with van der Waals surface area (Å²) in [6.07, 6.45) is -4.58. The van der Waals surface area contributed by atoms with Gasteiger partial charge in [-0.15, -0.1) is 10.2 Å². The fourth-order valence-corrected chi connectivity index (χ4v) is 2.56. The van der Waals surface area contributed by atoms with Gasteiger partial charge in [-0.3, -0.25) is 4.79 Å². The highest BCUT2D eigenvalue weighted by atomic mass is 19.4. The molecular weight excluding hydrogens is 375 g/mol. The molecule has 0 radical (unpaired) electrons. The van der Waals surface area contributed by atoms with E-state index in [4.69, 9.17) is 9.15 Å². The monoisotopic (exact) mass is 391 g/mol. The number of hydrogen-bond acceptors (Lipinski definition) is 5. The van der Waals surface area contributed by atoms with Crippen LogP contribution in [-0.2, 0) is 17.4 Å². The number of para-hydroxylation sites is 2. The lowest BCUT2D eigenvalue weighted by atomic mass is 10.1. The number of aromatic nitrogens is 2. The molecule has 0 aliphatic rings. The number of carbonyl (C=O) groups is 1. The maximum atomic E-state index is 13.0. The zero-order chi connectivity index (χ0) is 20.1. The molecule has 0 fully saturated rings. The van der Waals surface area contributed by atoms with Gasteiger partial charge in [-0.05, 0) is 24.3 Å². The zero-order valence-electron chi connectivity index (χ0n) is 14.8. The van der Waals surface area contributed by atoms with Crippen LogP contribution < -0.4 is 10.1 Å². The van der Waals surface area contributed by atoms with Crippen molar-refractivity contribution in [2.24, 2.45) is 0 Å². The van der Waals surface area contributed by atoms with E-state index in [1.807, 2.05) is 0 Å². The van der Waals surface area contributed by atoms with E-state index in [0.717, 1.165) is 6.07 Å². The van der Waals surface area contributed by atoms with Crippen LogP contribution in [0.2, 0.25) is 0 Å². The van der Waals surface area contributed by atoms with Crippen LogP contribution in [0.25, 0.3) is 11.5 Å². The van der Waals surface area contributed by atoms with Crippen molar-refractivity contribution in [3.8, 4) is 17.2 Å². The molecule has 1 heterocycles. The number of anilines is 1. The number of benzene rings is 2. The Bertz CT molecular complexity index is 970. The summed E-state index contributed by atoms with van der Waals surface area (Å²) in [5, 5.41) is 10.1. The third kappa shape index (κ3) is 4.48. The minimum atomic E-state index is -4.56. The van der Waals surface area contributed by atoms with Crippen molar-refractivity contribution in [1.82, 2.24) is 10.2 Å². The number of nitrogens with one attached hydrogen (secondary N) is 1. The average molecular weight is 391 g/mol. The summed E-state index contributed by atoms with van der Waals surface area (Å²) in [5.74, 6) is 0.392. The van der Waals surface area contributed by atoms with Gasteiger partial charge in [0.2, 0.25) is 11.8 Å². The van der Waals surface area contributed by atoms with Crippen LogP contribution in [-0.4, -0.2) is 23.2 Å². The summed E-state index contributed by atoms with van der Waals surface area (Å²) in [6.45, 7) is 0. The first-order chi connectivity index (χ1) is 13.4. The molecule has 3 aromatic rings. The van der Waals surface area contributed by atoms with Crippen molar-refractivity contribution < 1.29 is 27.1 Å². The Morgan fingerprint density at radius 1 is 1.11 bits per heavy atom. The lowest BCUT2D eigenvalue weighted by Crippen LogP contribution is -2.16. The number of hydrogen-bond donors (Lipinski definition) is 1. The Morgan fingerprint density at radius 2 is 1.82 bits per heavy atom. The van der Waals surface area contributed by atoms with E-state index in [-0.39, 0.29) is 30.3 Å². The van der Waals surface area contributed by atoms with Gasteiger partial charge in [0, 0.05) is 12.8 Å². The second-order valence-electron chi connectivity index (χ2n) is 5.79. The van der Waals surface area contributed by atoms with Gasteiger partial charge in [0.25, 0.3) is 5.89 Å². The highest BCUT2D eigenvalue weighted by Gasteiger charge is 2.33. The maximum Gasteiger partial charge on any atom is 0.418 e. The Labute approximate surface area is 158 Å². The molecule has 28 heavy (non-hydrogen) atoms. The van der Waals surface area contributed by atoms with E-state index < -0.39 is 17.6 Å². The number of carbonyl (C=O) groups excluding carboxylic acids is 1. The topological polar surface area (TPSA) is 77.2 Å². The molecule has 0 aliphatic heterocycles. The molecule has 1 amide bonds. The van der Waals surface area contributed by atoms with Crippen molar-refractivity contribution in [2.75, 3.05) is 12.4 Å². The summed E-state index contributed by atoms with van der Waals surface area (Å²) in [6, 6.07) is 11.9. The van der Waals surface area contributed by atoms with Crippen molar-refractivity contribution in [3.05, 3.63) is 60.0 Å². The molecule has 3 rings (SSSR count). The summed E-state index contributed by atoms with van der Waals surface area (Å²) < 4.78 is 49.7. The number of amides is 1. The number of alkyl halides is 3. The Balaban J connectivity index is 1.64. The van der Waals surface area contributed by atoms with Crippen LogP contribution in [0.1, 0.15) is 17.9 Å². The maximum absolute atomic E-state index is 13.0. The smallest absolute Gasteiger partial charge is 0.418 e. The lowest BCUT2D eigenvalue weighted by Gasteiger charge is -2.13. The highest BCUT2D eigenvalue weighted by molar-refractivity contribution is 5.91. The standard InChI is InChI=1S/C19H16F3N3O3/c1-27-15-9-5-2-6-12(15)18-25-24-17(28-18)11-10-16(26)23-14-8-4-3-7-13(14)19(20,21)22/h2-9H,10-11H2,1H3,(H,23,26). The number of ether oxygens (including phenoxy) is 1. The van der Waals surface area contributed by atoms with Gasteiger partial charge in [-0.25, -0.2) is 0 Å². The first kappa shape index (κ1) is 19.4. The normalized spacial score (nSPS) is 11.3. The van der Waals surface area contributed by atoms with Gasteiger partial charge >= 0.3 is 6.18 Å². The molecule has 0 saturated heterocycles. The zero-order valence-corrected chi connectivity index (χ0v) is 14.8. The largest absolute Gasteiger partial charge is 0.496 e. The second kappa shape index (κ2) is 8.12. The number of halogens is 3. The van der Waals surface area contributed by atoms with E-state index in [2.05, 4.69) is 15.5 Å². The van der Waals surface area contributed by atoms with Crippen LogP contribution >= 0.6 is 0 Å². The molecule has 0 aliphatic carbocycles. The van der Waals surface area contributed by atoms with Gasteiger partial charge in [0.05, 0.1) is 23.9 Å². The van der Waals surface area contributed by atoms with Crippen molar-refractivity contribution >= 4 is 11.6 Å². The molecule has 1 N–H and O–H groups in total. The second-order valence-corrected chi connectivity index (χ2v) is 5.79. The Morgan fingerprint density at radius 3 is 2.57 bits per heavy atom. The summed E-state index contributed by atoms with van der Waals surface area (Å²) >= 11 is 0. The fourth-order valence-electron chi connectivity index (χ4n) is 2.56. The van der Waals surface area contributed by atoms with Crippen molar-refractivity contribution in [3.63, 3.8) is 0 Å². The van der Waals surface area contributed by atoms with Crippen molar-refractivity contribution in [2.45, 2.75) is 19.0 Å². The molecule has 2 aromatic carbocycles.